The lowest BCUT2D eigenvalue weighted by Gasteiger charge is -2.23. The number of anilines is 2. The van der Waals surface area contributed by atoms with Crippen molar-refractivity contribution in [3.05, 3.63) is 197 Å². The van der Waals surface area contributed by atoms with Crippen LogP contribution in [-0.4, -0.2) is 25.2 Å². The zero-order valence-corrected chi connectivity index (χ0v) is 45.1. The van der Waals surface area contributed by atoms with Gasteiger partial charge in [-0.05, 0) is 86.5 Å². The maximum absolute atomic E-state index is 12.8. The van der Waals surface area contributed by atoms with Gasteiger partial charge in [0.05, 0.1) is 28.2 Å². The third-order valence-corrected chi connectivity index (χ3v) is 8.79. The maximum Gasteiger partial charge on any atom is 0.196 e. The van der Waals surface area contributed by atoms with E-state index < -0.39 is 0 Å². The molecule has 8 rings (SSSR count). The first kappa shape index (κ1) is 64.0. The number of benzene rings is 7. The fourth-order valence-corrected chi connectivity index (χ4v) is 5.86. The number of carbonyl (C=O) groups excluding carboxylic acids is 2. The van der Waals surface area contributed by atoms with Crippen LogP contribution in [0.1, 0.15) is 145 Å². The van der Waals surface area contributed by atoms with Crippen molar-refractivity contribution in [1.82, 2.24) is 0 Å². The van der Waals surface area contributed by atoms with Gasteiger partial charge >= 0.3 is 0 Å². The Hall–Kier alpha value is -7.06. The number of azo groups is 2. The Morgan fingerprint density at radius 2 is 0.783 bits per heavy atom. The number of hydrogen-bond acceptors (Lipinski definition) is 8. The molecule has 0 saturated carbocycles. The second kappa shape index (κ2) is 40.0. The van der Waals surface area contributed by atoms with Crippen LogP contribution < -0.4 is 11.1 Å². The van der Waals surface area contributed by atoms with Gasteiger partial charge in [-0.25, -0.2) is 0 Å². The van der Waals surface area contributed by atoms with Gasteiger partial charge in [-0.2, -0.15) is 20.5 Å². The number of aryl methyl sites for hydroxylation is 3. The molecule has 0 bridgehead atoms. The Bertz CT molecular complexity index is 2410. The predicted octanol–water partition coefficient (Wildman–Crippen LogP) is 19.3. The van der Waals surface area contributed by atoms with E-state index in [1.165, 1.54) is 28.3 Å². The number of nitrogens with one attached hydrogen (secondary N) is 1. The number of nitrogen functional groups attached to an aromatic ring is 1. The van der Waals surface area contributed by atoms with E-state index in [4.69, 9.17) is 5.73 Å². The van der Waals surface area contributed by atoms with Crippen molar-refractivity contribution in [2.75, 3.05) is 24.6 Å². The fourth-order valence-electron chi connectivity index (χ4n) is 5.86. The van der Waals surface area contributed by atoms with Crippen LogP contribution >= 0.6 is 0 Å². The van der Waals surface area contributed by atoms with E-state index in [-0.39, 0.29) is 11.6 Å². The van der Waals surface area contributed by atoms with Gasteiger partial charge in [0.2, 0.25) is 0 Å². The molecule has 7 aromatic rings. The molecule has 0 unspecified atom stereocenters. The molecule has 8 nitrogen and oxygen atoms in total. The van der Waals surface area contributed by atoms with Crippen LogP contribution in [0.4, 0.5) is 28.4 Å². The van der Waals surface area contributed by atoms with Crippen molar-refractivity contribution in [3.8, 4) is 0 Å². The first-order valence-electron chi connectivity index (χ1n) is 24.8. The third kappa shape index (κ3) is 22.5. The molecule has 69 heavy (non-hydrogen) atoms. The molecular formula is C61H84N6O2. The molecule has 3 N–H and O–H groups in total. The van der Waals surface area contributed by atoms with Gasteiger partial charge in [-0.3, -0.25) is 9.59 Å². The highest BCUT2D eigenvalue weighted by Gasteiger charge is 2.33. The van der Waals surface area contributed by atoms with Crippen molar-refractivity contribution in [1.29, 1.82) is 0 Å². The summed E-state index contributed by atoms with van der Waals surface area (Å²) in [6.07, 6.45) is 1.25. The molecule has 0 spiro atoms. The Balaban J connectivity index is 0. The fraction of sp³-hybridized carbons (Fsp3) is 0.311. The first-order chi connectivity index (χ1) is 33.6. The number of hydrogen-bond donors (Lipinski definition) is 2. The number of nitrogens with zero attached hydrogens (tertiary/aromatic N) is 4. The van der Waals surface area contributed by atoms with Crippen molar-refractivity contribution in [2.45, 2.75) is 117 Å². The normalized spacial score (nSPS) is 9.93. The third-order valence-electron chi connectivity index (χ3n) is 8.79. The highest BCUT2D eigenvalue weighted by atomic mass is 16.1. The summed E-state index contributed by atoms with van der Waals surface area (Å²) < 4.78 is 0. The number of carbonyl (C=O) groups is 2. The number of rotatable bonds is 5. The summed E-state index contributed by atoms with van der Waals surface area (Å²) in [5.74, 6) is -0.330. The average molecular weight is 933 g/mol. The van der Waals surface area contributed by atoms with Crippen LogP contribution in [0.25, 0.3) is 10.8 Å². The number of fused-ring (bicyclic) bond motifs is 3. The van der Waals surface area contributed by atoms with Crippen LogP contribution in [0.3, 0.4) is 0 Å². The summed E-state index contributed by atoms with van der Waals surface area (Å²) in [5, 5.41) is 21.6. The summed E-state index contributed by atoms with van der Waals surface area (Å²) in [4.78, 5) is 25.5. The number of ketones is 2. The maximum atomic E-state index is 12.8. The van der Waals surface area contributed by atoms with E-state index in [0.29, 0.717) is 40.2 Å². The van der Waals surface area contributed by atoms with Crippen LogP contribution in [0.15, 0.2) is 178 Å². The molecule has 370 valence electrons. The second-order valence-electron chi connectivity index (χ2n) is 13.7. The van der Waals surface area contributed by atoms with Gasteiger partial charge in [0.1, 0.15) is 0 Å². The highest BCUT2D eigenvalue weighted by molar-refractivity contribution is 6.32. The molecular weight excluding hydrogens is 849 g/mol. The van der Waals surface area contributed by atoms with E-state index in [1.807, 2.05) is 175 Å². The molecule has 0 saturated heterocycles. The zero-order valence-electron chi connectivity index (χ0n) is 45.1. The Labute approximate surface area is 417 Å². The van der Waals surface area contributed by atoms with Gasteiger partial charge < -0.3 is 11.1 Å². The van der Waals surface area contributed by atoms with E-state index in [1.54, 1.807) is 31.3 Å². The second-order valence-corrected chi connectivity index (χ2v) is 13.7. The summed E-state index contributed by atoms with van der Waals surface area (Å²) in [7, 11) is 1.67. The molecule has 0 fully saturated rings. The van der Waals surface area contributed by atoms with Gasteiger partial charge in [0.25, 0.3) is 0 Å². The van der Waals surface area contributed by atoms with E-state index >= 15 is 0 Å². The summed E-state index contributed by atoms with van der Waals surface area (Å²) in [5.41, 5.74) is 14.7. The summed E-state index contributed by atoms with van der Waals surface area (Å²) in [6, 6.07) is 51.0. The minimum Gasteiger partial charge on any atom is -0.398 e. The SMILES string of the molecule is CC.CC.CC.CC.CC.CCC.CCNc1cc(C)c(N)c2c1C(=O)c1ccccc1C2=O.CN=Nc1ccc(C)cc1.Cc1ccc(N=Nc2ccccc2)cc1.c1ccc2ccccc2c1. The molecule has 0 atom stereocenters. The van der Waals surface area contributed by atoms with E-state index in [2.05, 4.69) is 95.1 Å². The lowest BCUT2D eigenvalue weighted by Crippen LogP contribution is -2.24. The highest BCUT2D eigenvalue weighted by Crippen LogP contribution is 2.37. The largest absolute Gasteiger partial charge is 0.398 e. The van der Waals surface area contributed by atoms with E-state index in [9.17, 15) is 9.59 Å². The molecule has 1 aliphatic rings. The van der Waals surface area contributed by atoms with Gasteiger partial charge in [0, 0.05) is 36.1 Å². The lowest BCUT2D eigenvalue weighted by atomic mass is 9.81. The average Bonchev–Trinajstić information content (AvgIpc) is 3.41. The number of nitrogens with two attached hydrogens (primary N) is 1. The molecule has 0 aromatic heterocycles. The Kier molecular flexibility index (Phi) is 37.2. The predicted molar refractivity (Wildman–Crippen MR) is 303 cm³/mol. The standard InChI is InChI=1S/C17H16N2O2.C13H12N2.C10H8.C8H10N2.C3H8.5C2H6/c1-3-19-12-8-9(2)15(18)14-13(12)16(20)10-6-4-5-7-11(10)17(14)21;1-11-7-9-13(10-8-11)15-14-12-5-3-2-4-6-12;1-2-6-10-8-4-3-7-9(10)5-1;1-7-3-5-8(6-4-7)10-9-2;1-3-2;5*1-2/h4-8,19H,3,18H2,1-2H3;2-10H,1H3;1-8H;3-6H,1-2H3;3H2,1-2H3;5*1-2H3. The van der Waals surface area contributed by atoms with Crippen molar-refractivity contribution < 1.29 is 9.59 Å². The Morgan fingerprint density at radius 3 is 1.16 bits per heavy atom. The summed E-state index contributed by atoms with van der Waals surface area (Å²) in [6.45, 7) is 32.8. The van der Waals surface area contributed by atoms with Crippen LogP contribution in [0.2, 0.25) is 0 Å². The molecule has 0 heterocycles. The van der Waals surface area contributed by atoms with Crippen LogP contribution in [0, 0.1) is 20.8 Å². The minimum atomic E-state index is -0.180. The molecule has 0 aliphatic heterocycles. The lowest BCUT2D eigenvalue weighted by molar-refractivity contribution is 0.0980. The summed E-state index contributed by atoms with van der Waals surface area (Å²) >= 11 is 0. The Morgan fingerprint density at radius 1 is 0.449 bits per heavy atom. The van der Waals surface area contributed by atoms with Crippen LogP contribution in [0.5, 0.6) is 0 Å². The molecule has 0 amide bonds. The zero-order chi connectivity index (χ0) is 52.6. The quantitative estimate of drug-likeness (QED) is 0.132. The first-order valence-corrected chi connectivity index (χ1v) is 24.8. The van der Waals surface area contributed by atoms with Gasteiger partial charge in [0.15, 0.2) is 11.6 Å². The topological polar surface area (TPSA) is 122 Å². The van der Waals surface area contributed by atoms with Gasteiger partial charge in [-0.1, -0.05) is 216 Å². The molecule has 0 radical (unpaired) electrons. The van der Waals surface area contributed by atoms with Crippen molar-refractivity contribution in [3.63, 3.8) is 0 Å². The molecule has 1 aliphatic carbocycles. The van der Waals surface area contributed by atoms with E-state index in [0.717, 1.165) is 22.6 Å². The van der Waals surface area contributed by atoms with Crippen molar-refractivity contribution >= 4 is 50.8 Å². The monoisotopic (exact) mass is 933 g/mol. The smallest absolute Gasteiger partial charge is 0.196 e. The molecule has 8 heteroatoms. The van der Waals surface area contributed by atoms with Crippen molar-refractivity contribution in [2.24, 2.45) is 20.5 Å². The van der Waals surface area contributed by atoms with Gasteiger partial charge in [-0.15, -0.1) is 0 Å². The minimum absolute atomic E-state index is 0.150. The molecule has 7 aromatic carbocycles. The van der Waals surface area contributed by atoms with Crippen LogP contribution in [-0.2, 0) is 0 Å².